The molecular weight excluding hydrogens is 160 g/mol. The minimum atomic E-state index is 0.237. The van der Waals surface area contributed by atoms with Gasteiger partial charge in [-0.05, 0) is 52.7 Å². The highest BCUT2D eigenvalue weighted by Crippen LogP contribution is 2.10. The summed E-state index contributed by atoms with van der Waals surface area (Å²) in [7, 11) is 2.02. The van der Waals surface area contributed by atoms with Gasteiger partial charge in [0.1, 0.15) is 0 Å². The molecule has 0 aliphatic heterocycles. The van der Waals surface area contributed by atoms with Gasteiger partial charge in [0.05, 0.1) is 0 Å². The van der Waals surface area contributed by atoms with Gasteiger partial charge in [0.15, 0.2) is 0 Å². The van der Waals surface area contributed by atoms with Gasteiger partial charge in [0.2, 0.25) is 0 Å². The van der Waals surface area contributed by atoms with Gasteiger partial charge in [-0.25, -0.2) is 0 Å². The van der Waals surface area contributed by atoms with E-state index >= 15 is 0 Å². The summed E-state index contributed by atoms with van der Waals surface area (Å²) in [6, 6.07) is 0. The van der Waals surface area contributed by atoms with Crippen LogP contribution in [0, 0.1) is 11.8 Å². The van der Waals surface area contributed by atoms with Gasteiger partial charge in [0.25, 0.3) is 0 Å². The number of hydrogen-bond acceptors (Lipinski definition) is 2. The van der Waals surface area contributed by atoms with Gasteiger partial charge in [-0.3, -0.25) is 0 Å². The van der Waals surface area contributed by atoms with E-state index < -0.39 is 0 Å². The first-order valence-corrected chi connectivity index (χ1v) is 5.26. The monoisotopic (exact) mass is 186 g/mol. The number of rotatable bonds is 5. The Kier molecular flexibility index (Phi) is 5.57. The van der Waals surface area contributed by atoms with Crippen LogP contribution in [-0.4, -0.2) is 25.7 Å². The van der Waals surface area contributed by atoms with Crippen molar-refractivity contribution in [3.05, 3.63) is 0 Å². The summed E-state index contributed by atoms with van der Waals surface area (Å²) in [6.45, 7) is 13.4. The molecule has 0 spiro atoms. The molecule has 0 bridgehead atoms. The molecule has 1 atom stereocenters. The Balaban J connectivity index is 3.82. The Morgan fingerprint density at radius 1 is 1.08 bits per heavy atom. The quantitative estimate of drug-likeness (QED) is 0.685. The fraction of sp³-hybridized carbons (Fsp3) is 1.00. The Hall–Kier alpha value is -0.0800. The Morgan fingerprint density at radius 3 is 1.92 bits per heavy atom. The lowest BCUT2D eigenvalue weighted by Crippen LogP contribution is -2.42. The Morgan fingerprint density at radius 2 is 1.62 bits per heavy atom. The molecule has 2 N–H and O–H groups in total. The average Bonchev–Trinajstić information content (AvgIpc) is 1.95. The largest absolute Gasteiger partial charge is 0.319 e. The van der Waals surface area contributed by atoms with E-state index in [2.05, 4.69) is 45.3 Å². The first-order chi connectivity index (χ1) is 5.87. The van der Waals surface area contributed by atoms with Gasteiger partial charge in [0, 0.05) is 5.54 Å². The lowest BCUT2D eigenvalue weighted by molar-refractivity contribution is 0.308. The highest BCUT2D eigenvalue weighted by atomic mass is 15.0. The van der Waals surface area contributed by atoms with Crippen molar-refractivity contribution in [3.63, 3.8) is 0 Å². The van der Waals surface area contributed by atoms with Crippen molar-refractivity contribution in [3.8, 4) is 0 Å². The molecule has 0 aliphatic rings. The van der Waals surface area contributed by atoms with E-state index in [-0.39, 0.29) is 5.54 Å². The molecule has 0 fully saturated rings. The third-order valence-corrected chi connectivity index (χ3v) is 2.30. The third kappa shape index (κ3) is 7.03. The maximum absolute atomic E-state index is 3.55. The molecule has 0 aromatic heterocycles. The predicted octanol–water partition coefficient (Wildman–Crippen LogP) is 1.87. The zero-order chi connectivity index (χ0) is 10.5. The van der Waals surface area contributed by atoms with E-state index in [4.69, 9.17) is 0 Å². The van der Waals surface area contributed by atoms with E-state index in [1.165, 1.54) is 0 Å². The number of nitrogens with one attached hydrogen (secondary N) is 2. The van der Waals surface area contributed by atoms with Crippen LogP contribution in [0.4, 0.5) is 0 Å². The SMILES string of the molecule is CNCC(CNC(C)(C)C)C(C)C. The van der Waals surface area contributed by atoms with Crippen LogP contribution in [0.25, 0.3) is 0 Å². The van der Waals surface area contributed by atoms with E-state index in [0.717, 1.165) is 24.9 Å². The highest BCUT2D eigenvalue weighted by molar-refractivity contribution is 4.75. The van der Waals surface area contributed by atoms with Crippen LogP contribution in [-0.2, 0) is 0 Å². The van der Waals surface area contributed by atoms with E-state index in [1.54, 1.807) is 0 Å². The van der Waals surface area contributed by atoms with Crippen molar-refractivity contribution in [2.45, 2.75) is 40.2 Å². The molecule has 0 aromatic carbocycles. The molecule has 80 valence electrons. The zero-order valence-electron chi connectivity index (χ0n) is 10.1. The fourth-order valence-electron chi connectivity index (χ4n) is 1.24. The summed E-state index contributed by atoms with van der Waals surface area (Å²) in [5.74, 6) is 1.46. The summed E-state index contributed by atoms with van der Waals surface area (Å²) < 4.78 is 0. The number of hydrogen-bond donors (Lipinski definition) is 2. The summed E-state index contributed by atoms with van der Waals surface area (Å²) in [5.41, 5.74) is 0.237. The minimum absolute atomic E-state index is 0.237. The topological polar surface area (TPSA) is 24.1 Å². The first kappa shape index (κ1) is 12.9. The normalized spacial score (nSPS) is 15.0. The standard InChI is InChI=1S/C11H26N2/c1-9(2)10(7-12-6)8-13-11(3,4)5/h9-10,12-13H,7-8H2,1-6H3. The van der Waals surface area contributed by atoms with Gasteiger partial charge in [-0.2, -0.15) is 0 Å². The van der Waals surface area contributed by atoms with Crippen LogP contribution in [0.3, 0.4) is 0 Å². The van der Waals surface area contributed by atoms with E-state index in [9.17, 15) is 0 Å². The van der Waals surface area contributed by atoms with Crippen molar-refractivity contribution in [1.82, 2.24) is 10.6 Å². The molecule has 0 amide bonds. The van der Waals surface area contributed by atoms with Crippen molar-refractivity contribution < 1.29 is 0 Å². The van der Waals surface area contributed by atoms with Crippen LogP contribution in [0.15, 0.2) is 0 Å². The van der Waals surface area contributed by atoms with Gasteiger partial charge < -0.3 is 10.6 Å². The van der Waals surface area contributed by atoms with Crippen LogP contribution >= 0.6 is 0 Å². The smallest absolute Gasteiger partial charge is 0.00966 e. The maximum atomic E-state index is 3.55. The lowest BCUT2D eigenvalue weighted by atomic mass is 9.94. The fourth-order valence-corrected chi connectivity index (χ4v) is 1.24. The summed E-state index contributed by atoms with van der Waals surface area (Å²) in [6.07, 6.45) is 0. The molecule has 0 aromatic rings. The van der Waals surface area contributed by atoms with Crippen LogP contribution in [0.5, 0.6) is 0 Å². The second-order valence-electron chi connectivity index (χ2n) is 5.19. The lowest BCUT2D eigenvalue weighted by Gasteiger charge is -2.27. The Labute approximate surface area is 83.5 Å². The molecule has 0 heterocycles. The molecular formula is C11H26N2. The van der Waals surface area contributed by atoms with Gasteiger partial charge in [-0.15, -0.1) is 0 Å². The molecule has 0 saturated heterocycles. The maximum Gasteiger partial charge on any atom is 0.00966 e. The summed E-state index contributed by atoms with van der Waals surface area (Å²) in [4.78, 5) is 0. The van der Waals surface area contributed by atoms with Crippen molar-refractivity contribution in [2.75, 3.05) is 20.1 Å². The minimum Gasteiger partial charge on any atom is -0.319 e. The van der Waals surface area contributed by atoms with Crippen molar-refractivity contribution in [1.29, 1.82) is 0 Å². The first-order valence-electron chi connectivity index (χ1n) is 5.26. The molecule has 2 heteroatoms. The zero-order valence-corrected chi connectivity index (χ0v) is 10.1. The Bertz CT molecular complexity index is 125. The third-order valence-electron chi connectivity index (χ3n) is 2.30. The van der Waals surface area contributed by atoms with E-state index in [0.29, 0.717) is 0 Å². The molecule has 1 unspecified atom stereocenters. The summed E-state index contributed by atoms with van der Waals surface area (Å²) >= 11 is 0. The second kappa shape index (κ2) is 5.61. The van der Waals surface area contributed by atoms with E-state index in [1.807, 2.05) is 7.05 Å². The molecule has 0 aliphatic carbocycles. The van der Waals surface area contributed by atoms with Gasteiger partial charge in [-0.1, -0.05) is 13.8 Å². The second-order valence-corrected chi connectivity index (χ2v) is 5.19. The molecule has 0 rings (SSSR count). The summed E-state index contributed by atoms with van der Waals surface area (Å²) in [5, 5.41) is 6.79. The van der Waals surface area contributed by atoms with Crippen LogP contribution < -0.4 is 10.6 Å². The average molecular weight is 186 g/mol. The van der Waals surface area contributed by atoms with Crippen molar-refractivity contribution >= 4 is 0 Å². The van der Waals surface area contributed by atoms with Crippen molar-refractivity contribution in [2.24, 2.45) is 11.8 Å². The molecule has 0 saturated carbocycles. The highest BCUT2D eigenvalue weighted by Gasteiger charge is 2.16. The molecule has 0 radical (unpaired) electrons. The molecule has 2 nitrogen and oxygen atoms in total. The van der Waals surface area contributed by atoms with Gasteiger partial charge >= 0.3 is 0 Å². The van der Waals surface area contributed by atoms with Crippen LogP contribution in [0.1, 0.15) is 34.6 Å². The van der Waals surface area contributed by atoms with Crippen LogP contribution in [0.2, 0.25) is 0 Å². The predicted molar refractivity (Wildman–Crippen MR) is 60.0 cm³/mol. The molecule has 13 heavy (non-hydrogen) atoms.